The van der Waals surface area contributed by atoms with Crippen LogP contribution in [0.25, 0.3) is 0 Å². The van der Waals surface area contributed by atoms with Crippen LogP contribution in [0.1, 0.15) is 6.42 Å². The third-order valence-electron chi connectivity index (χ3n) is 2.38. The number of hydrogen-bond acceptors (Lipinski definition) is 2. The molecule has 0 spiro atoms. The smallest absolute Gasteiger partial charge is 0.185 e. The molecule has 4 N–H and O–H groups in total. The summed E-state index contributed by atoms with van der Waals surface area (Å²) in [6, 6.07) is 3.28. The molecule has 0 fully saturated rings. The summed E-state index contributed by atoms with van der Waals surface area (Å²) in [5.41, 5.74) is 5.38. The number of quaternary nitrogens is 1. The van der Waals surface area contributed by atoms with Gasteiger partial charge in [-0.3, -0.25) is 10.9 Å². The predicted octanol–water partition coefficient (Wildman–Crippen LogP) is 0.290. The third kappa shape index (κ3) is 6.30. The summed E-state index contributed by atoms with van der Waals surface area (Å²) >= 11 is 5.01. The Labute approximate surface area is 117 Å². The minimum atomic E-state index is -0.675. The molecular weight excluding hydrogens is 270 g/mol. The van der Waals surface area contributed by atoms with Crippen LogP contribution in [-0.4, -0.2) is 32.3 Å². The molecule has 4 nitrogen and oxygen atoms in total. The lowest BCUT2D eigenvalue weighted by Crippen LogP contribution is -3.05. The monoisotopic (exact) mass is 289 g/mol. The van der Waals surface area contributed by atoms with Gasteiger partial charge in [0.1, 0.15) is 5.82 Å². The fourth-order valence-corrected chi connectivity index (χ4v) is 1.56. The molecule has 0 unspecified atom stereocenters. The van der Waals surface area contributed by atoms with E-state index in [0.717, 1.165) is 25.6 Å². The normalized spacial score (nSPS) is 10.4. The Balaban J connectivity index is 2.26. The van der Waals surface area contributed by atoms with Gasteiger partial charge in [-0.15, -0.1) is 0 Å². The second kappa shape index (κ2) is 7.85. The van der Waals surface area contributed by atoms with Crippen LogP contribution in [0, 0.1) is 11.6 Å². The Bertz CT molecular complexity index is 426. The van der Waals surface area contributed by atoms with Gasteiger partial charge in [0.2, 0.25) is 0 Å². The highest BCUT2D eigenvalue weighted by atomic mass is 32.1. The second-order valence-electron chi connectivity index (χ2n) is 4.44. The molecule has 0 radical (unpaired) electrons. The maximum Gasteiger partial charge on any atom is 0.185 e. The molecule has 0 bridgehead atoms. The third-order valence-corrected chi connectivity index (χ3v) is 2.63. The van der Waals surface area contributed by atoms with Crippen molar-refractivity contribution in [3.05, 3.63) is 29.8 Å². The van der Waals surface area contributed by atoms with E-state index in [2.05, 4.69) is 30.3 Å². The van der Waals surface area contributed by atoms with Crippen molar-refractivity contribution in [2.45, 2.75) is 6.42 Å². The Morgan fingerprint density at radius 1 is 1.32 bits per heavy atom. The van der Waals surface area contributed by atoms with Crippen molar-refractivity contribution in [3.63, 3.8) is 0 Å². The first-order valence-electron chi connectivity index (χ1n) is 6.03. The molecule has 0 aliphatic heterocycles. The average molecular weight is 289 g/mol. The number of anilines is 1. The number of hydrogen-bond donors (Lipinski definition) is 4. The number of benzene rings is 1. The van der Waals surface area contributed by atoms with E-state index in [1.165, 1.54) is 17.0 Å². The standard InChI is InChI=1S/C12H18F2N4S/c1-18(2)7-3-6-15-12(19)17-16-11-5-4-9(13)8-10(11)14/h4-5,8,16H,3,6-7H2,1-2H3,(H2,15,17,19)/p+1. The highest BCUT2D eigenvalue weighted by Gasteiger charge is 2.03. The molecule has 1 rings (SSSR count). The first-order valence-corrected chi connectivity index (χ1v) is 6.44. The van der Waals surface area contributed by atoms with E-state index in [9.17, 15) is 8.78 Å². The average Bonchev–Trinajstić information content (AvgIpc) is 2.33. The van der Waals surface area contributed by atoms with Crippen molar-refractivity contribution in [3.8, 4) is 0 Å². The first kappa shape index (κ1) is 15.6. The van der Waals surface area contributed by atoms with Crippen molar-refractivity contribution in [2.75, 3.05) is 32.6 Å². The molecule has 0 amide bonds. The predicted molar refractivity (Wildman–Crippen MR) is 76.0 cm³/mol. The van der Waals surface area contributed by atoms with Gasteiger partial charge < -0.3 is 10.2 Å². The summed E-state index contributed by atoms with van der Waals surface area (Å²) in [5, 5.41) is 3.36. The van der Waals surface area contributed by atoms with E-state index in [1.807, 2.05) is 0 Å². The number of hydrazine groups is 1. The summed E-state index contributed by atoms with van der Waals surface area (Å²) in [5.74, 6) is -1.29. The quantitative estimate of drug-likeness (QED) is 0.345. The van der Waals surface area contributed by atoms with Crippen molar-refractivity contribution in [1.29, 1.82) is 0 Å². The van der Waals surface area contributed by atoms with Crippen LogP contribution >= 0.6 is 12.2 Å². The van der Waals surface area contributed by atoms with Crippen LogP contribution in [0.15, 0.2) is 18.2 Å². The number of thiocarbonyl (C=S) groups is 1. The van der Waals surface area contributed by atoms with E-state index >= 15 is 0 Å². The molecule has 0 saturated carbocycles. The summed E-state index contributed by atoms with van der Waals surface area (Å²) in [6.07, 6.45) is 0.981. The molecule has 0 heterocycles. The fourth-order valence-electron chi connectivity index (χ4n) is 1.40. The molecule has 19 heavy (non-hydrogen) atoms. The van der Waals surface area contributed by atoms with E-state index in [-0.39, 0.29) is 5.69 Å². The minimum Gasteiger partial charge on any atom is -0.361 e. The first-order chi connectivity index (χ1) is 8.99. The number of rotatable bonds is 6. The molecule has 106 valence electrons. The Morgan fingerprint density at radius 2 is 2.05 bits per heavy atom. The van der Waals surface area contributed by atoms with E-state index < -0.39 is 11.6 Å². The van der Waals surface area contributed by atoms with Crippen molar-refractivity contribution < 1.29 is 13.7 Å². The number of nitrogens with one attached hydrogen (secondary N) is 4. The van der Waals surface area contributed by atoms with E-state index in [1.54, 1.807) is 0 Å². The maximum absolute atomic E-state index is 13.3. The zero-order valence-electron chi connectivity index (χ0n) is 11.0. The summed E-state index contributed by atoms with van der Waals surface area (Å²) in [7, 11) is 4.16. The van der Waals surface area contributed by atoms with Gasteiger partial charge in [0.05, 0.1) is 26.3 Å². The molecule has 0 aromatic heterocycles. The molecule has 1 aromatic rings. The Kier molecular flexibility index (Phi) is 6.44. The summed E-state index contributed by atoms with van der Waals surface area (Å²) in [6.45, 7) is 1.78. The number of halogens is 2. The van der Waals surface area contributed by atoms with Crippen LogP contribution in [0.5, 0.6) is 0 Å². The van der Waals surface area contributed by atoms with E-state index in [0.29, 0.717) is 5.11 Å². The van der Waals surface area contributed by atoms with Gasteiger partial charge in [-0.1, -0.05) is 0 Å². The Hall–Kier alpha value is -1.47. The van der Waals surface area contributed by atoms with Crippen molar-refractivity contribution in [2.24, 2.45) is 0 Å². The van der Waals surface area contributed by atoms with Crippen LogP contribution in [-0.2, 0) is 0 Å². The van der Waals surface area contributed by atoms with Gasteiger partial charge in [-0.25, -0.2) is 8.78 Å². The van der Waals surface area contributed by atoms with Gasteiger partial charge >= 0.3 is 0 Å². The lowest BCUT2D eigenvalue weighted by molar-refractivity contribution is -0.858. The minimum absolute atomic E-state index is 0.142. The van der Waals surface area contributed by atoms with Gasteiger partial charge in [-0.2, -0.15) is 0 Å². The molecule has 0 aliphatic carbocycles. The lowest BCUT2D eigenvalue weighted by atomic mass is 10.3. The van der Waals surface area contributed by atoms with Crippen molar-refractivity contribution in [1.82, 2.24) is 10.7 Å². The van der Waals surface area contributed by atoms with Gasteiger partial charge in [0, 0.05) is 19.0 Å². The van der Waals surface area contributed by atoms with Crippen LogP contribution in [0.3, 0.4) is 0 Å². The zero-order chi connectivity index (χ0) is 14.3. The zero-order valence-corrected chi connectivity index (χ0v) is 11.8. The van der Waals surface area contributed by atoms with Crippen molar-refractivity contribution >= 4 is 23.0 Å². The Morgan fingerprint density at radius 3 is 2.68 bits per heavy atom. The van der Waals surface area contributed by atoms with Crippen LogP contribution in [0.2, 0.25) is 0 Å². The van der Waals surface area contributed by atoms with E-state index in [4.69, 9.17) is 12.2 Å². The largest absolute Gasteiger partial charge is 0.361 e. The van der Waals surface area contributed by atoms with Gasteiger partial charge in [0.25, 0.3) is 0 Å². The van der Waals surface area contributed by atoms with Crippen LogP contribution in [0.4, 0.5) is 14.5 Å². The molecular formula is C12H19F2N4S+. The molecule has 0 aliphatic rings. The maximum atomic E-state index is 13.3. The SMILES string of the molecule is C[NH+](C)CCCNC(=S)NNc1ccc(F)cc1F. The molecule has 1 aromatic carbocycles. The van der Waals surface area contributed by atoms with Gasteiger partial charge in [-0.05, 0) is 24.4 Å². The lowest BCUT2D eigenvalue weighted by Gasteiger charge is -2.13. The summed E-state index contributed by atoms with van der Waals surface area (Å²) in [4.78, 5) is 1.37. The topological polar surface area (TPSA) is 40.5 Å². The summed E-state index contributed by atoms with van der Waals surface area (Å²) < 4.78 is 26.0. The van der Waals surface area contributed by atoms with Crippen LogP contribution < -0.4 is 21.1 Å². The molecule has 7 heteroatoms. The second-order valence-corrected chi connectivity index (χ2v) is 4.85. The highest BCUT2D eigenvalue weighted by Crippen LogP contribution is 2.13. The molecule has 0 atom stereocenters. The highest BCUT2D eigenvalue weighted by molar-refractivity contribution is 7.80. The fraction of sp³-hybridized carbons (Fsp3) is 0.417. The molecule has 0 saturated heterocycles. The van der Waals surface area contributed by atoms with Gasteiger partial charge in [0.15, 0.2) is 10.9 Å².